The molecule has 1 aliphatic heterocycles. The predicted octanol–water partition coefficient (Wildman–Crippen LogP) is 4.25. The highest BCUT2D eigenvalue weighted by Gasteiger charge is 2.26. The Labute approximate surface area is 157 Å². The third kappa shape index (κ3) is 3.54. The van der Waals surface area contributed by atoms with Crippen molar-refractivity contribution in [3.63, 3.8) is 0 Å². The molecule has 0 saturated carbocycles. The van der Waals surface area contributed by atoms with Crippen LogP contribution in [0.5, 0.6) is 5.75 Å². The molecular weight excluding hydrogens is 383 g/mol. The number of aliphatic imine (C=N–C) groups is 1. The third-order valence-electron chi connectivity index (χ3n) is 3.48. The Morgan fingerprint density at radius 1 is 1.23 bits per heavy atom. The predicted molar refractivity (Wildman–Crippen MR) is 96.7 cm³/mol. The van der Waals surface area contributed by atoms with Crippen LogP contribution in [0.4, 0.5) is 5.69 Å². The van der Waals surface area contributed by atoms with Crippen LogP contribution in [0.2, 0.25) is 10.0 Å². The lowest BCUT2D eigenvalue weighted by atomic mass is 10.1. The molecule has 3 rings (SSSR count). The minimum Gasteiger partial charge on any atom is -0.490 e. The molecule has 0 spiro atoms. The number of hydrogen-bond acceptors (Lipinski definition) is 6. The molecule has 1 heterocycles. The van der Waals surface area contributed by atoms with E-state index in [1.807, 2.05) is 0 Å². The number of nitro benzene ring substituents is 1. The van der Waals surface area contributed by atoms with Crippen molar-refractivity contribution in [1.29, 1.82) is 0 Å². The van der Waals surface area contributed by atoms with Gasteiger partial charge in [-0.3, -0.25) is 10.1 Å². The fourth-order valence-corrected chi connectivity index (χ4v) is 2.65. The maximum absolute atomic E-state index is 12.1. The lowest BCUT2D eigenvalue weighted by molar-refractivity contribution is -0.385. The van der Waals surface area contributed by atoms with Crippen LogP contribution in [0.1, 0.15) is 11.1 Å². The number of carbonyl (C=O) groups excluding carboxylic acids is 1. The summed E-state index contributed by atoms with van der Waals surface area (Å²) in [5, 5.41) is 11.8. The largest absolute Gasteiger partial charge is 0.490 e. The normalized spacial score (nSPS) is 15.0. The molecule has 0 atom stereocenters. The van der Waals surface area contributed by atoms with Gasteiger partial charge in [0.1, 0.15) is 0 Å². The van der Waals surface area contributed by atoms with Gasteiger partial charge in [0.15, 0.2) is 11.4 Å². The van der Waals surface area contributed by atoms with E-state index in [2.05, 4.69) is 4.99 Å². The molecule has 7 nitrogen and oxygen atoms in total. The van der Waals surface area contributed by atoms with Gasteiger partial charge >= 0.3 is 11.7 Å². The first-order valence-corrected chi connectivity index (χ1v) is 7.95. The smallest absolute Gasteiger partial charge is 0.363 e. The number of esters is 1. The lowest BCUT2D eigenvalue weighted by Gasteiger charge is -2.02. The number of cyclic esters (lactones) is 1. The van der Waals surface area contributed by atoms with Gasteiger partial charge in [0.25, 0.3) is 0 Å². The van der Waals surface area contributed by atoms with Gasteiger partial charge in [-0.05, 0) is 35.9 Å². The molecule has 0 radical (unpaired) electrons. The van der Waals surface area contributed by atoms with Crippen molar-refractivity contribution in [2.24, 2.45) is 4.99 Å². The summed E-state index contributed by atoms with van der Waals surface area (Å²) in [6.45, 7) is 0. The van der Waals surface area contributed by atoms with Crippen molar-refractivity contribution in [3.05, 3.63) is 73.4 Å². The topological polar surface area (TPSA) is 91.0 Å². The molecule has 132 valence electrons. The van der Waals surface area contributed by atoms with E-state index in [0.717, 1.165) is 0 Å². The molecule has 0 saturated heterocycles. The van der Waals surface area contributed by atoms with E-state index < -0.39 is 10.9 Å². The summed E-state index contributed by atoms with van der Waals surface area (Å²) in [6.07, 6.45) is 1.38. The van der Waals surface area contributed by atoms with E-state index in [1.165, 1.54) is 31.4 Å². The standard InChI is InChI=1S/C17H10Cl2N2O5/c1-25-15-5-2-9(7-14(15)21(23)24)6-13-17(22)26-16(20-13)11-8-10(18)3-4-12(11)19/h2-8H,1H3/b13-6+. The van der Waals surface area contributed by atoms with Crippen LogP contribution in [0, 0.1) is 10.1 Å². The number of halogens is 2. The van der Waals surface area contributed by atoms with Crippen LogP contribution in [0.15, 0.2) is 47.1 Å². The molecule has 9 heteroatoms. The Hall–Kier alpha value is -2.90. The summed E-state index contributed by atoms with van der Waals surface area (Å²) in [4.78, 5) is 26.7. The molecular formula is C17H10Cl2N2O5. The summed E-state index contributed by atoms with van der Waals surface area (Å²) >= 11 is 12.0. The monoisotopic (exact) mass is 392 g/mol. The maximum Gasteiger partial charge on any atom is 0.363 e. The second-order valence-electron chi connectivity index (χ2n) is 5.15. The van der Waals surface area contributed by atoms with E-state index in [9.17, 15) is 14.9 Å². The zero-order chi connectivity index (χ0) is 18.8. The molecule has 0 aromatic heterocycles. The summed E-state index contributed by atoms with van der Waals surface area (Å²) in [5.74, 6) is -0.577. The second-order valence-corrected chi connectivity index (χ2v) is 5.99. The molecule has 2 aromatic rings. The van der Waals surface area contributed by atoms with Crippen molar-refractivity contribution in [2.75, 3.05) is 7.11 Å². The SMILES string of the molecule is COc1ccc(/C=C2/N=C(c3cc(Cl)ccc3Cl)OC2=O)cc1[N+](=O)[O-]. The van der Waals surface area contributed by atoms with Crippen LogP contribution < -0.4 is 4.74 Å². The third-order valence-corrected chi connectivity index (χ3v) is 4.05. The first-order chi connectivity index (χ1) is 12.4. The number of benzene rings is 2. The van der Waals surface area contributed by atoms with Crippen LogP contribution >= 0.6 is 23.2 Å². The minimum atomic E-state index is -0.700. The van der Waals surface area contributed by atoms with E-state index in [-0.39, 0.29) is 23.0 Å². The Morgan fingerprint density at radius 2 is 2.00 bits per heavy atom. The number of nitrogens with zero attached hydrogens (tertiary/aromatic N) is 2. The Bertz CT molecular complexity index is 985. The van der Waals surface area contributed by atoms with Gasteiger partial charge in [-0.15, -0.1) is 0 Å². The Balaban J connectivity index is 2.00. The second kappa shape index (κ2) is 7.15. The van der Waals surface area contributed by atoms with Gasteiger partial charge in [-0.2, -0.15) is 0 Å². The van der Waals surface area contributed by atoms with Gasteiger partial charge in [-0.1, -0.05) is 29.3 Å². The van der Waals surface area contributed by atoms with Crippen LogP contribution in [-0.2, 0) is 9.53 Å². The molecule has 26 heavy (non-hydrogen) atoms. The number of carbonyl (C=O) groups is 1. The average Bonchev–Trinajstić information content (AvgIpc) is 2.97. The van der Waals surface area contributed by atoms with Crippen LogP contribution in [-0.4, -0.2) is 23.9 Å². The highest BCUT2D eigenvalue weighted by atomic mass is 35.5. The van der Waals surface area contributed by atoms with Gasteiger partial charge in [0, 0.05) is 11.1 Å². The fraction of sp³-hybridized carbons (Fsp3) is 0.0588. The average molecular weight is 393 g/mol. The number of hydrogen-bond donors (Lipinski definition) is 0. The van der Waals surface area contributed by atoms with Gasteiger partial charge in [0.2, 0.25) is 5.90 Å². The molecule has 0 N–H and O–H groups in total. The van der Waals surface area contributed by atoms with E-state index in [4.69, 9.17) is 32.7 Å². The summed E-state index contributed by atoms with van der Waals surface area (Å²) in [7, 11) is 1.33. The van der Waals surface area contributed by atoms with Crippen molar-refractivity contribution in [3.8, 4) is 5.75 Å². The molecule has 0 aliphatic carbocycles. The number of methoxy groups -OCH3 is 1. The quantitative estimate of drug-likeness (QED) is 0.335. The number of ether oxygens (including phenoxy) is 2. The summed E-state index contributed by atoms with van der Waals surface area (Å²) in [6, 6.07) is 8.95. The zero-order valence-electron chi connectivity index (χ0n) is 13.2. The zero-order valence-corrected chi connectivity index (χ0v) is 14.7. The molecule has 0 unspecified atom stereocenters. The first kappa shape index (κ1) is 17.9. The highest BCUT2D eigenvalue weighted by molar-refractivity contribution is 6.36. The Kier molecular flexibility index (Phi) is 4.92. The van der Waals surface area contributed by atoms with E-state index in [1.54, 1.807) is 18.2 Å². The van der Waals surface area contributed by atoms with Gasteiger partial charge < -0.3 is 9.47 Å². The maximum atomic E-state index is 12.1. The summed E-state index contributed by atoms with van der Waals surface area (Å²) < 4.78 is 10.1. The first-order valence-electron chi connectivity index (χ1n) is 7.19. The molecule has 1 aliphatic rings. The summed E-state index contributed by atoms with van der Waals surface area (Å²) in [5.41, 5.74) is 0.522. The number of rotatable bonds is 4. The fourth-order valence-electron chi connectivity index (χ4n) is 2.28. The van der Waals surface area contributed by atoms with Crippen molar-refractivity contribution in [1.82, 2.24) is 0 Å². The van der Waals surface area contributed by atoms with Gasteiger partial charge in [0.05, 0.1) is 22.6 Å². The van der Waals surface area contributed by atoms with Crippen LogP contribution in [0.3, 0.4) is 0 Å². The highest BCUT2D eigenvalue weighted by Crippen LogP contribution is 2.30. The molecule has 0 fully saturated rings. The van der Waals surface area contributed by atoms with Crippen molar-refractivity contribution >= 4 is 46.8 Å². The van der Waals surface area contributed by atoms with E-state index in [0.29, 0.717) is 21.2 Å². The molecule has 0 amide bonds. The van der Waals surface area contributed by atoms with Gasteiger partial charge in [-0.25, -0.2) is 9.79 Å². The lowest BCUT2D eigenvalue weighted by Crippen LogP contribution is -2.06. The van der Waals surface area contributed by atoms with Crippen molar-refractivity contribution in [2.45, 2.75) is 0 Å². The minimum absolute atomic E-state index is 0.0109. The van der Waals surface area contributed by atoms with Crippen molar-refractivity contribution < 1.29 is 19.2 Å². The number of nitro groups is 1. The van der Waals surface area contributed by atoms with E-state index >= 15 is 0 Å². The molecule has 2 aromatic carbocycles. The molecule has 0 bridgehead atoms. The van der Waals surface area contributed by atoms with Crippen LogP contribution in [0.25, 0.3) is 6.08 Å². The Morgan fingerprint density at radius 3 is 2.69 bits per heavy atom.